The first-order valence-electron chi connectivity index (χ1n) is 9.18. The summed E-state index contributed by atoms with van der Waals surface area (Å²) in [7, 11) is 0. The Morgan fingerprint density at radius 3 is 2.43 bits per heavy atom. The van der Waals surface area contributed by atoms with Crippen LogP contribution in [0.15, 0.2) is 0 Å². The van der Waals surface area contributed by atoms with Crippen LogP contribution in [0.1, 0.15) is 59.8 Å². The molecule has 0 aromatic heterocycles. The number of piperidine rings is 1. The van der Waals surface area contributed by atoms with Crippen molar-refractivity contribution in [2.24, 2.45) is 5.92 Å². The lowest BCUT2D eigenvalue weighted by molar-refractivity contribution is -0.0117. The van der Waals surface area contributed by atoms with E-state index in [-0.39, 0.29) is 12.2 Å². The number of likely N-dealkylation sites (tertiary alicyclic amines) is 1. The van der Waals surface area contributed by atoms with E-state index in [1.54, 1.807) is 4.90 Å². The summed E-state index contributed by atoms with van der Waals surface area (Å²) in [6.07, 6.45) is 5.74. The second kappa shape index (κ2) is 8.34. The van der Waals surface area contributed by atoms with Gasteiger partial charge in [-0.25, -0.2) is 4.79 Å². The number of carbonyl (C=O) groups is 1. The van der Waals surface area contributed by atoms with Crippen LogP contribution in [0, 0.1) is 5.92 Å². The standard InChI is InChI=1S/C18H34N2O3/c1-14(15-6-7-15)19-10-5-13-22-16-8-11-20(12-9-16)17(21)23-18(2,3)4/h14-16,19H,5-13H2,1-4H3. The van der Waals surface area contributed by atoms with E-state index in [2.05, 4.69) is 12.2 Å². The Morgan fingerprint density at radius 2 is 1.87 bits per heavy atom. The van der Waals surface area contributed by atoms with Crippen LogP contribution in [0.3, 0.4) is 0 Å². The van der Waals surface area contributed by atoms with Crippen LogP contribution in [0.25, 0.3) is 0 Å². The zero-order valence-corrected chi connectivity index (χ0v) is 15.3. The molecule has 1 unspecified atom stereocenters. The van der Waals surface area contributed by atoms with Crippen LogP contribution < -0.4 is 5.32 Å². The molecule has 1 heterocycles. The molecular formula is C18H34N2O3. The predicted octanol–water partition coefficient (Wildman–Crippen LogP) is 3.18. The third-order valence-corrected chi connectivity index (χ3v) is 4.56. The summed E-state index contributed by atoms with van der Waals surface area (Å²) < 4.78 is 11.4. The molecule has 5 heteroatoms. The van der Waals surface area contributed by atoms with Gasteiger partial charge in [0.05, 0.1) is 6.10 Å². The maximum atomic E-state index is 12.0. The predicted molar refractivity (Wildman–Crippen MR) is 91.6 cm³/mol. The average Bonchev–Trinajstić information content (AvgIpc) is 3.30. The van der Waals surface area contributed by atoms with Gasteiger partial charge in [-0.3, -0.25) is 0 Å². The molecule has 1 saturated heterocycles. The second-order valence-corrected chi connectivity index (χ2v) is 7.97. The van der Waals surface area contributed by atoms with E-state index in [1.807, 2.05) is 20.8 Å². The summed E-state index contributed by atoms with van der Waals surface area (Å²) in [5, 5.41) is 3.58. The molecule has 1 saturated carbocycles. The topological polar surface area (TPSA) is 50.8 Å². The van der Waals surface area contributed by atoms with E-state index in [1.165, 1.54) is 12.8 Å². The lowest BCUT2D eigenvalue weighted by atomic mass is 10.1. The van der Waals surface area contributed by atoms with Crippen molar-refractivity contribution < 1.29 is 14.3 Å². The van der Waals surface area contributed by atoms with Crippen molar-refractivity contribution in [3.05, 3.63) is 0 Å². The van der Waals surface area contributed by atoms with Gasteiger partial charge in [-0.15, -0.1) is 0 Å². The zero-order valence-electron chi connectivity index (χ0n) is 15.3. The quantitative estimate of drug-likeness (QED) is 0.730. The van der Waals surface area contributed by atoms with Crippen molar-refractivity contribution in [2.75, 3.05) is 26.2 Å². The molecular weight excluding hydrogens is 292 g/mol. The molecule has 2 fully saturated rings. The number of amides is 1. The van der Waals surface area contributed by atoms with Crippen molar-refractivity contribution in [2.45, 2.75) is 77.5 Å². The van der Waals surface area contributed by atoms with Crippen molar-refractivity contribution in [1.29, 1.82) is 0 Å². The first-order chi connectivity index (χ1) is 10.8. The van der Waals surface area contributed by atoms with Gasteiger partial charge in [0.15, 0.2) is 0 Å². The SMILES string of the molecule is CC(NCCCOC1CCN(C(=O)OC(C)(C)C)CC1)C1CC1. The molecule has 0 bridgehead atoms. The van der Waals surface area contributed by atoms with Gasteiger partial charge < -0.3 is 19.7 Å². The summed E-state index contributed by atoms with van der Waals surface area (Å²) >= 11 is 0. The summed E-state index contributed by atoms with van der Waals surface area (Å²) in [4.78, 5) is 13.8. The van der Waals surface area contributed by atoms with Crippen molar-refractivity contribution >= 4 is 6.09 Å². The van der Waals surface area contributed by atoms with Gasteiger partial charge in [0.1, 0.15) is 5.60 Å². The summed E-state index contributed by atoms with van der Waals surface area (Å²) in [5.74, 6) is 0.910. The van der Waals surface area contributed by atoms with Crippen LogP contribution in [-0.2, 0) is 9.47 Å². The fraction of sp³-hybridized carbons (Fsp3) is 0.944. The Hall–Kier alpha value is -0.810. The third kappa shape index (κ3) is 7.08. The highest BCUT2D eigenvalue weighted by molar-refractivity contribution is 5.68. The smallest absolute Gasteiger partial charge is 0.410 e. The van der Waals surface area contributed by atoms with Gasteiger partial charge in [0.2, 0.25) is 0 Å². The number of hydrogen-bond acceptors (Lipinski definition) is 4. The van der Waals surface area contributed by atoms with Gasteiger partial charge in [-0.05, 0) is 72.3 Å². The van der Waals surface area contributed by atoms with E-state index in [0.29, 0.717) is 6.04 Å². The fourth-order valence-corrected chi connectivity index (χ4v) is 2.95. The Bertz CT molecular complexity index is 369. The minimum Gasteiger partial charge on any atom is -0.444 e. The summed E-state index contributed by atoms with van der Waals surface area (Å²) in [6.45, 7) is 11.3. The maximum Gasteiger partial charge on any atom is 0.410 e. The van der Waals surface area contributed by atoms with Gasteiger partial charge in [-0.1, -0.05) is 0 Å². The zero-order chi connectivity index (χ0) is 16.9. The van der Waals surface area contributed by atoms with Crippen molar-refractivity contribution in [3.63, 3.8) is 0 Å². The van der Waals surface area contributed by atoms with Crippen LogP contribution in [0.2, 0.25) is 0 Å². The molecule has 134 valence electrons. The summed E-state index contributed by atoms with van der Waals surface area (Å²) in [5.41, 5.74) is -0.422. The highest BCUT2D eigenvalue weighted by Gasteiger charge is 2.28. The molecule has 0 radical (unpaired) electrons. The number of carbonyl (C=O) groups excluding carboxylic acids is 1. The van der Waals surface area contributed by atoms with Crippen LogP contribution in [0.4, 0.5) is 4.79 Å². The molecule has 23 heavy (non-hydrogen) atoms. The molecule has 0 aromatic rings. The first kappa shape index (κ1) is 18.5. The molecule has 0 spiro atoms. The number of nitrogens with one attached hydrogen (secondary N) is 1. The molecule has 1 amide bonds. The number of ether oxygens (including phenoxy) is 2. The van der Waals surface area contributed by atoms with Crippen molar-refractivity contribution in [3.8, 4) is 0 Å². The molecule has 1 aliphatic heterocycles. The monoisotopic (exact) mass is 326 g/mol. The van der Waals surface area contributed by atoms with Crippen LogP contribution >= 0.6 is 0 Å². The van der Waals surface area contributed by atoms with Gasteiger partial charge in [0, 0.05) is 25.7 Å². The van der Waals surface area contributed by atoms with Crippen LogP contribution in [0.5, 0.6) is 0 Å². The third-order valence-electron chi connectivity index (χ3n) is 4.56. The molecule has 0 aromatic carbocycles. The van der Waals surface area contributed by atoms with Crippen LogP contribution in [-0.4, -0.2) is 55.0 Å². The Kier molecular flexibility index (Phi) is 6.72. The number of hydrogen-bond donors (Lipinski definition) is 1. The lowest BCUT2D eigenvalue weighted by Crippen LogP contribution is -2.43. The second-order valence-electron chi connectivity index (χ2n) is 7.97. The molecule has 1 aliphatic carbocycles. The first-order valence-corrected chi connectivity index (χ1v) is 9.18. The molecule has 1 atom stereocenters. The Labute approximate surface area is 141 Å². The van der Waals surface area contributed by atoms with E-state index >= 15 is 0 Å². The minimum absolute atomic E-state index is 0.200. The largest absolute Gasteiger partial charge is 0.444 e. The van der Waals surface area contributed by atoms with Crippen molar-refractivity contribution in [1.82, 2.24) is 10.2 Å². The molecule has 1 N–H and O–H groups in total. The minimum atomic E-state index is -0.422. The van der Waals surface area contributed by atoms with E-state index in [9.17, 15) is 4.79 Å². The highest BCUT2D eigenvalue weighted by Crippen LogP contribution is 2.32. The number of rotatable bonds is 7. The van der Waals surface area contributed by atoms with E-state index < -0.39 is 5.60 Å². The molecule has 5 nitrogen and oxygen atoms in total. The molecule has 2 rings (SSSR count). The van der Waals surface area contributed by atoms with E-state index in [4.69, 9.17) is 9.47 Å². The highest BCUT2D eigenvalue weighted by atomic mass is 16.6. The fourth-order valence-electron chi connectivity index (χ4n) is 2.95. The van der Waals surface area contributed by atoms with E-state index in [0.717, 1.165) is 51.4 Å². The Morgan fingerprint density at radius 1 is 1.22 bits per heavy atom. The van der Waals surface area contributed by atoms with Gasteiger partial charge in [0.25, 0.3) is 0 Å². The lowest BCUT2D eigenvalue weighted by Gasteiger charge is -2.33. The van der Waals surface area contributed by atoms with Gasteiger partial charge >= 0.3 is 6.09 Å². The summed E-state index contributed by atoms with van der Waals surface area (Å²) in [6, 6.07) is 0.659. The maximum absolute atomic E-state index is 12.0. The molecule has 2 aliphatic rings. The van der Waals surface area contributed by atoms with Gasteiger partial charge in [-0.2, -0.15) is 0 Å². The average molecular weight is 326 g/mol. The number of nitrogens with zero attached hydrogens (tertiary/aromatic N) is 1. The Balaban J connectivity index is 1.51. The normalized spacial score (nSPS) is 21.3.